The molecule has 2 amide bonds. The largest absolute Gasteiger partial charge is 0.472 e. The van der Waals surface area contributed by atoms with Crippen LogP contribution in [0.2, 0.25) is 0 Å². The number of aryl methyl sites for hydroxylation is 2. The average molecular weight is 495 g/mol. The predicted molar refractivity (Wildman–Crippen MR) is 139 cm³/mol. The summed E-state index contributed by atoms with van der Waals surface area (Å²) in [6, 6.07) is 18.8. The molecule has 0 radical (unpaired) electrons. The van der Waals surface area contributed by atoms with Crippen molar-refractivity contribution in [3.63, 3.8) is 0 Å². The molecule has 0 fully saturated rings. The van der Waals surface area contributed by atoms with Gasteiger partial charge in [0, 0.05) is 24.8 Å². The Bertz CT molecular complexity index is 1550. The van der Waals surface area contributed by atoms with E-state index in [4.69, 9.17) is 4.42 Å². The topological polar surface area (TPSA) is 98.2 Å². The first-order valence-electron chi connectivity index (χ1n) is 11.7. The van der Waals surface area contributed by atoms with E-state index in [0.29, 0.717) is 23.4 Å². The fourth-order valence-corrected chi connectivity index (χ4v) is 4.13. The van der Waals surface area contributed by atoms with Gasteiger partial charge in [-0.25, -0.2) is 9.36 Å². The van der Waals surface area contributed by atoms with Gasteiger partial charge in [-0.1, -0.05) is 12.1 Å². The van der Waals surface area contributed by atoms with E-state index in [1.807, 2.05) is 61.0 Å². The zero-order valence-electron chi connectivity index (χ0n) is 20.8. The van der Waals surface area contributed by atoms with Crippen LogP contribution >= 0.6 is 0 Å². The van der Waals surface area contributed by atoms with E-state index in [2.05, 4.69) is 15.5 Å². The van der Waals surface area contributed by atoms with Gasteiger partial charge in [-0.05, 0) is 67.9 Å². The highest BCUT2D eigenvalue weighted by Crippen LogP contribution is 2.18. The van der Waals surface area contributed by atoms with Crippen molar-refractivity contribution >= 4 is 17.5 Å². The Hall–Kier alpha value is -4.92. The molecule has 1 N–H and O–H groups in total. The number of nitrogens with zero attached hydrogens (tertiary/aromatic N) is 5. The molecule has 0 spiro atoms. The molecular formula is C28H26N6O3. The van der Waals surface area contributed by atoms with Gasteiger partial charge in [0.05, 0.1) is 47.0 Å². The Kier molecular flexibility index (Phi) is 6.42. The highest BCUT2D eigenvalue weighted by molar-refractivity contribution is 6.03. The molecule has 37 heavy (non-hydrogen) atoms. The van der Waals surface area contributed by atoms with Crippen LogP contribution in [0.3, 0.4) is 0 Å². The molecule has 0 saturated carbocycles. The van der Waals surface area contributed by atoms with Gasteiger partial charge in [0.25, 0.3) is 11.8 Å². The van der Waals surface area contributed by atoms with Crippen molar-refractivity contribution in [3.05, 3.63) is 114 Å². The molecule has 5 aromatic rings. The van der Waals surface area contributed by atoms with E-state index >= 15 is 0 Å². The van der Waals surface area contributed by atoms with Crippen LogP contribution in [0.15, 0.2) is 90.0 Å². The lowest BCUT2D eigenvalue weighted by Gasteiger charge is -2.18. The quantitative estimate of drug-likeness (QED) is 0.351. The third-order valence-corrected chi connectivity index (χ3v) is 5.93. The van der Waals surface area contributed by atoms with E-state index in [0.717, 1.165) is 28.3 Å². The minimum atomic E-state index is -0.280. The number of benzene rings is 2. The molecule has 3 heterocycles. The van der Waals surface area contributed by atoms with E-state index < -0.39 is 0 Å². The number of rotatable bonds is 7. The van der Waals surface area contributed by atoms with Crippen LogP contribution in [0.1, 0.15) is 37.7 Å². The van der Waals surface area contributed by atoms with E-state index in [1.54, 1.807) is 47.2 Å². The number of carbonyl (C=O) groups is 2. The second-order valence-corrected chi connectivity index (χ2v) is 8.86. The summed E-state index contributed by atoms with van der Waals surface area (Å²) in [4.78, 5) is 27.0. The van der Waals surface area contributed by atoms with Gasteiger partial charge in [0.15, 0.2) is 0 Å². The first-order valence-corrected chi connectivity index (χ1v) is 11.7. The highest BCUT2D eigenvalue weighted by Gasteiger charge is 2.14. The molecule has 0 unspecified atom stereocenters. The van der Waals surface area contributed by atoms with Gasteiger partial charge in [-0.2, -0.15) is 10.2 Å². The number of aromatic nitrogens is 4. The second kappa shape index (κ2) is 9.98. The summed E-state index contributed by atoms with van der Waals surface area (Å²) in [5.41, 5.74) is 6.31. The summed E-state index contributed by atoms with van der Waals surface area (Å²) in [5.74, 6) is -0.366. The fraction of sp³-hybridized carbons (Fsp3) is 0.143. The molecule has 0 aliphatic heterocycles. The molecule has 3 aromatic heterocycles. The van der Waals surface area contributed by atoms with Gasteiger partial charge in [-0.15, -0.1) is 0 Å². The van der Waals surface area contributed by atoms with E-state index in [1.165, 1.54) is 12.5 Å². The lowest BCUT2D eigenvalue weighted by atomic mass is 10.1. The normalized spacial score (nSPS) is 10.9. The van der Waals surface area contributed by atoms with Gasteiger partial charge in [-0.3, -0.25) is 9.59 Å². The summed E-state index contributed by atoms with van der Waals surface area (Å²) < 4.78 is 8.48. The van der Waals surface area contributed by atoms with E-state index in [-0.39, 0.29) is 11.8 Å². The third kappa shape index (κ3) is 5.20. The predicted octanol–water partition coefficient (Wildman–Crippen LogP) is 4.79. The van der Waals surface area contributed by atoms with Crippen LogP contribution in [0.4, 0.5) is 5.69 Å². The van der Waals surface area contributed by atoms with Crippen molar-refractivity contribution in [2.45, 2.75) is 20.4 Å². The monoisotopic (exact) mass is 494 g/mol. The summed E-state index contributed by atoms with van der Waals surface area (Å²) in [5, 5.41) is 11.6. The Balaban J connectivity index is 1.24. The Morgan fingerprint density at radius 3 is 2.51 bits per heavy atom. The van der Waals surface area contributed by atoms with Crippen LogP contribution in [0.25, 0.3) is 11.4 Å². The number of hydrogen-bond acceptors (Lipinski definition) is 5. The number of hydrogen-bond donors (Lipinski definition) is 1. The van der Waals surface area contributed by atoms with Crippen molar-refractivity contribution in [2.24, 2.45) is 0 Å². The molecule has 186 valence electrons. The van der Waals surface area contributed by atoms with Crippen molar-refractivity contribution in [1.82, 2.24) is 24.5 Å². The first kappa shape index (κ1) is 23.8. The number of furan rings is 1. The van der Waals surface area contributed by atoms with Crippen molar-refractivity contribution in [1.29, 1.82) is 0 Å². The summed E-state index contributed by atoms with van der Waals surface area (Å²) in [6.45, 7) is 4.46. The molecule has 2 aromatic carbocycles. The van der Waals surface area contributed by atoms with Crippen molar-refractivity contribution < 1.29 is 14.0 Å². The minimum Gasteiger partial charge on any atom is -0.472 e. The standard InChI is InChI=1S/C28H26N6O3/c1-19-13-20(2)34(31-19)26-6-4-5-21(14-26)16-32(3)28(36)22-7-9-25(10-8-22)33-17-24(15-29-33)30-27(35)23-11-12-37-18-23/h4-15,17-18H,16H2,1-3H3,(H,30,35). The zero-order chi connectivity index (χ0) is 25.9. The zero-order valence-corrected chi connectivity index (χ0v) is 20.8. The van der Waals surface area contributed by atoms with Gasteiger partial charge in [0.1, 0.15) is 6.26 Å². The third-order valence-electron chi connectivity index (χ3n) is 5.93. The molecule has 0 atom stereocenters. The van der Waals surface area contributed by atoms with Crippen LogP contribution in [0, 0.1) is 13.8 Å². The summed E-state index contributed by atoms with van der Waals surface area (Å²) in [6.07, 6.45) is 6.09. The molecule has 0 aliphatic carbocycles. The maximum absolute atomic E-state index is 13.1. The SMILES string of the molecule is Cc1cc(C)n(-c2cccc(CN(C)C(=O)c3ccc(-n4cc(NC(=O)c5ccoc5)cn4)cc3)c2)n1. The lowest BCUT2D eigenvalue weighted by Crippen LogP contribution is -2.26. The highest BCUT2D eigenvalue weighted by atomic mass is 16.3. The van der Waals surface area contributed by atoms with Crippen LogP contribution < -0.4 is 5.32 Å². The van der Waals surface area contributed by atoms with Crippen LogP contribution in [-0.4, -0.2) is 43.3 Å². The fourth-order valence-electron chi connectivity index (χ4n) is 4.13. The van der Waals surface area contributed by atoms with Crippen molar-refractivity contribution in [3.8, 4) is 11.4 Å². The number of carbonyl (C=O) groups excluding carboxylic acids is 2. The molecule has 0 aliphatic rings. The maximum Gasteiger partial charge on any atom is 0.259 e. The smallest absolute Gasteiger partial charge is 0.259 e. The molecule has 9 nitrogen and oxygen atoms in total. The average Bonchev–Trinajstić information content (AvgIpc) is 3.65. The Morgan fingerprint density at radius 1 is 1.00 bits per heavy atom. The number of amides is 2. The molecule has 9 heteroatoms. The van der Waals surface area contributed by atoms with Gasteiger partial charge in [0.2, 0.25) is 0 Å². The molecule has 0 saturated heterocycles. The minimum absolute atomic E-state index is 0.0865. The van der Waals surface area contributed by atoms with E-state index in [9.17, 15) is 9.59 Å². The number of nitrogens with one attached hydrogen (secondary N) is 1. The summed E-state index contributed by atoms with van der Waals surface area (Å²) in [7, 11) is 1.79. The summed E-state index contributed by atoms with van der Waals surface area (Å²) >= 11 is 0. The number of anilines is 1. The Labute approximate surface area is 213 Å². The van der Waals surface area contributed by atoms with Gasteiger partial charge >= 0.3 is 0 Å². The first-order chi connectivity index (χ1) is 17.9. The second-order valence-electron chi connectivity index (χ2n) is 8.86. The molecule has 0 bridgehead atoms. The maximum atomic E-state index is 13.1. The molecule has 5 rings (SSSR count). The van der Waals surface area contributed by atoms with Crippen LogP contribution in [0.5, 0.6) is 0 Å². The lowest BCUT2D eigenvalue weighted by molar-refractivity contribution is 0.0785. The van der Waals surface area contributed by atoms with Crippen LogP contribution in [-0.2, 0) is 6.54 Å². The van der Waals surface area contributed by atoms with Crippen molar-refractivity contribution in [2.75, 3.05) is 12.4 Å². The Morgan fingerprint density at radius 2 is 1.81 bits per heavy atom. The molecular weight excluding hydrogens is 468 g/mol. The van der Waals surface area contributed by atoms with Gasteiger partial charge < -0.3 is 14.6 Å².